The molecule has 0 bridgehead atoms. The highest BCUT2D eigenvalue weighted by atomic mass is 16.6. The van der Waals surface area contributed by atoms with Crippen LogP contribution in [0.2, 0.25) is 0 Å². The molecule has 1 rings (SSSR count). The lowest BCUT2D eigenvalue weighted by molar-refractivity contribution is -0.176. The smallest absolute Gasteiger partial charge is 0.310 e. The molecule has 1 aliphatic carbocycles. The van der Waals surface area contributed by atoms with E-state index in [4.69, 9.17) is 4.74 Å². The second-order valence-corrected chi connectivity index (χ2v) is 12.5. The lowest BCUT2D eigenvalue weighted by Crippen LogP contribution is -2.44. The Kier molecular flexibility index (Phi) is 30.3. The monoisotopic (exact) mass is 529 g/mol. The molecule has 0 N–H and O–H groups in total. The zero-order valence-electron chi connectivity index (χ0n) is 29.2. The molecule has 3 atom stereocenters. The highest BCUT2D eigenvalue weighted by Crippen LogP contribution is 2.43. The first-order valence-corrected chi connectivity index (χ1v) is 16.5. The number of rotatable bonds is 9. The second-order valence-electron chi connectivity index (χ2n) is 12.5. The van der Waals surface area contributed by atoms with Crippen molar-refractivity contribution < 1.29 is 9.53 Å². The number of ether oxygens (including phenoxy) is 1. The van der Waals surface area contributed by atoms with Crippen molar-refractivity contribution in [2.24, 2.45) is 22.7 Å². The molecule has 2 nitrogen and oxygen atoms in total. The first-order chi connectivity index (χ1) is 17.3. The fourth-order valence-corrected chi connectivity index (χ4v) is 4.33. The summed E-state index contributed by atoms with van der Waals surface area (Å²) in [5, 5.41) is 0. The van der Waals surface area contributed by atoms with E-state index in [-0.39, 0.29) is 28.3 Å². The van der Waals surface area contributed by atoms with Crippen molar-refractivity contribution >= 4 is 5.97 Å². The van der Waals surface area contributed by atoms with E-state index in [1.54, 1.807) is 0 Å². The maximum Gasteiger partial charge on any atom is 0.310 e. The van der Waals surface area contributed by atoms with Crippen molar-refractivity contribution in [1.82, 2.24) is 0 Å². The predicted molar refractivity (Wildman–Crippen MR) is 171 cm³/mol. The topological polar surface area (TPSA) is 26.3 Å². The van der Waals surface area contributed by atoms with Crippen LogP contribution in [0.25, 0.3) is 0 Å². The third-order valence-corrected chi connectivity index (χ3v) is 7.37. The van der Waals surface area contributed by atoms with E-state index in [2.05, 4.69) is 83.1 Å². The summed E-state index contributed by atoms with van der Waals surface area (Å²) in [6.45, 7) is 34.4. The van der Waals surface area contributed by atoms with Gasteiger partial charge in [-0.1, -0.05) is 155 Å². The van der Waals surface area contributed by atoms with Crippen molar-refractivity contribution in [3.63, 3.8) is 0 Å². The zero-order chi connectivity index (χ0) is 30.1. The Hall–Kier alpha value is -0.530. The van der Waals surface area contributed by atoms with Crippen LogP contribution in [0.15, 0.2) is 0 Å². The third kappa shape index (κ3) is 22.0. The maximum atomic E-state index is 13.4. The fraction of sp³-hybridized carbons (Fsp3) is 0.971. The Morgan fingerprint density at radius 3 is 1.70 bits per heavy atom. The summed E-state index contributed by atoms with van der Waals surface area (Å²) in [4.78, 5) is 13.4. The van der Waals surface area contributed by atoms with Crippen LogP contribution in [0.4, 0.5) is 0 Å². The van der Waals surface area contributed by atoms with E-state index >= 15 is 0 Å². The Morgan fingerprint density at radius 1 is 0.838 bits per heavy atom. The van der Waals surface area contributed by atoms with Gasteiger partial charge >= 0.3 is 5.97 Å². The van der Waals surface area contributed by atoms with Gasteiger partial charge < -0.3 is 4.74 Å². The summed E-state index contributed by atoms with van der Waals surface area (Å²) in [7, 11) is 0. The Morgan fingerprint density at radius 2 is 1.32 bits per heavy atom. The maximum absolute atomic E-state index is 13.4. The molecular formula is C35H76O2. The summed E-state index contributed by atoms with van der Waals surface area (Å²) in [6, 6.07) is 0. The summed E-state index contributed by atoms with van der Waals surface area (Å²) < 4.78 is 6.41. The number of carbonyl (C=O) groups excluding carboxylic acids is 1. The fourth-order valence-electron chi connectivity index (χ4n) is 4.33. The highest BCUT2D eigenvalue weighted by Gasteiger charge is 2.43. The molecule has 0 spiro atoms. The van der Waals surface area contributed by atoms with Crippen molar-refractivity contribution in [3.05, 3.63) is 0 Å². The van der Waals surface area contributed by atoms with Crippen molar-refractivity contribution in [1.29, 1.82) is 0 Å². The molecule has 0 saturated heterocycles. The van der Waals surface area contributed by atoms with E-state index in [9.17, 15) is 4.79 Å². The van der Waals surface area contributed by atoms with Gasteiger partial charge in [0.1, 0.15) is 5.60 Å². The van der Waals surface area contributed by atoms with Crippen LogP contribution in [0.3, 0.4) is 0 Å². The highest BCUT2D eigenvalue weighted by molar-refractivity contribution is 5.74. The molecule has 3 unspecified atom stereocenters. The molecule has 2 heteroatoms. The minimum atomic E-state index is -0.275. The van der Waals surface area contributed by atoms with Gasteiger partial charge in [-0.15, -0.1) is 0 Å². The molecule has 0 amide bonds. The molecule has 1 saturated carbocycles. The second kappa shape index (κ2) is 25.7. The largest absolute Gasteiger partial charge is 0.459 e. The van der Waals surface area contributed by atoms with Crippen LogP contribution in [-0.2, 0) is 9.53 Å². The van der Waals surface area contributed by atoms with Crippen LogP contribution in [0.5, 0.6) is 0 Å². The van der Waals surface area contributed by atoms with Crippen LogP contribution in [0, 0.1) is 22.7 Å². The van der Waals surface area contributed by atoms with Crippen molar-refractivity contribution in [2.45, 2.75) is 200 Å². The Balaban J connectivity index is -0.000000424. The molecule has 1 aliphatic rings. The van der Waals surface area contributed by atoms with Crippen molar-refractivity contribution in [2.75, 3.05) is 0 Å². The normalized spacial score (nSPS) is 20.1. The summed E-state index contributed by atoms with van der Waals surface area (Å²) in [5.41, 5.74) is -0.172. The standard InChI is InChI=1S/C24H46O2.C4H10.C3H8.2C2H6/c1-9-11-15-19-16-13-12-14-17-24(19,8)26-21(25)20(22(3,4)5)18-23(6,7)10-2;1-3-4-2;1-3-2;2*1-2/h19-20H,9-18H2,1-8H3;3-4H2,1-2H3;3H2,1-2H3;2*1-2H3. The molecule has 0 aromatic heterocycles. The average molecular weight is 529 g/mol. The Labute approximate surface area is 237 Å². The minimum absolute atomic E-state index is 0.0376. The average Bonchev–Trinajstić information content (AvgIpc) is 3.04. The van der Waals surface area contributed by atoms with Gasteiger partial charge in [0.05, 0.1) is 5.92 Å². The van der Waals surface area contributed by atoms with E-state index in [0.717, 1.165) is 19.3 Å². The molecule has 0 aliphatic heterocycles. The quantitative estimate of drug-likeness (QED) is 0.220. The minimum Gasteiger partial charge on any atom is -0.459 e. The molecule has 0 radical (unpaired) electrons. The van der Waals surface area contributed by atoms with Crippen molar-refractivity contribution in [3.8, 4) is 0 Å². The van der Waals surface area contributed by atoms with Gasteiger partial charge in [0.25, 0.3) is 0 Å². The predicted octanol–water partition coefficient (Wildman–Crippen LogP) is 12.8. The molecule has 37 heavy (non-hydrogen) atoms. The van der Waals surface area contributed by atoms with Gasteiger partial charge in [0.2, 0.25) is 0 Å². The third-order valence-electron chi connectivity index (χ3n) is 7.37. The number of hydrogen-bond acceptors (Lipinski definition) is 2. The van der Waals surface area contributed by atoms with E-state index in [0.29, 0.717) is 5.92 Å². The molecule has 0 aromatic carbocycles. The molecule has 0 aromatic rings. The van der Waals surface area contributed by atoms with Crippen LogP contribution >= 0.6 is 0 Å². The number of esters is 1. The van der Waals surface area contributed by atoms with Crippen LogP contribution in [-0.4, -0.2) is 11.6 Å². The molecular weight excluding hydrogens is 452 g/mol. The summed E-state index contributed by atoms with van der Waals surface area (Å²) in [5.74, 6) is 0.531. The first kappa shape index (κ1) is 43.5. The number of hydrogen-bond donors (Lipinski definition) is 0. The summed E-state index contributed by atoms with van der Waals surface area (Å²) in [6.07, 6.45) is 15.5. The van der Waals surface area contributed by atoms with Gasteiger partial charge in [-0.25, -0.2) is 0 Å². The Bertz CT molecular complexity index is 472. The summed E-state index contributed by atoms with van der Waals surface area (Å²) >= 11 is 0. The zero-order valence-corrected chi connectivity index (χ0v) is 29.2. The van der Waals surface area contributed by atoms with Gasteiger partial charge in [0, 0.05) is 0 Å². The van der Waals surface area contributed by atoms with Gasteiger partial charge in [-0.2, -0.15) is 0 Å². The van der Waals surface area contributed by atoms with Crippen LogP contribution in [0.1, 0.15) is 194 Å². The number of unbranched alkanes of at least 4 members (excludes halogenated alkanes) is 2. The SMILES string of the molecule is CC.CC.CCC.CCCC.CCCCC1CCCCCC1(C)OC(=O)C(CC(C)(C)CC)C(C)(C)C. The van der Waals surface area contributed by atoms with Gasteiger partial charge in [0.15, 0.2) is 0 Å². The number of carbonyl (C=O) groups is 1. The van der Waals surface area contributed by atoms with Gasteiger partial charge in [-0.3, -0.25) is 4.79 Å². The molecule has 228 valence electrons. The van der Waals surface area contributed by atoms with E-state index < -0.39 is 0 Å². The van der Waals surface area contributed by atoms with Crippen LogP contribution < -0.4 is 0 Å². The lowest BCUT2D eigenvalue weighted by atomic mass is 9.70. The van der Waals surface area contributed by atoms with Gasteiger partial charge in [-0.05, 0) is 55.8 Å². The van der Waals surface area contributed by atoms with E-state index in [1.165, 1.54) is 64.2 Å². The first-order valence-electron chi connectivity index (χ1n) is 16.5. The lowest BCUT2D eigenvalue weighted by Gasteiger charge is -2.41. The molecule has 1 fully saturated rings. The van der Waals surface area contributed by atoms with E-state index in [1.807, 2.05) is 27.7 Å². The molecule has 0 heterocycles.